The van der Waals surface area contributed by atoms with Gasteiger partial charge in [-0.05, 0) is 41.8 Å². The number of phenolic OH excluding ortho intramolecular Hbond substituents is 1. The normalized spacial score (nSPS) is 12.9. The number of hydrogen-bond acceptors (Lipinski definition) is 14. The van der Waals surface area contributed by atoms with Crippen LogP contribution in [0.3, 0.4) is 0 Å². The summed E-state index contributed by atoms with van der Waals surface area (Å²) >= 11 is 0.145. The largest absolute Gasteiger partial charge is 0.506 e. The number of phenols is 1. The van der Waals surface area contributed by atoms with Gasteiger partial charge in [0.25, 0.3) is 20.2 Å². The summed E-state index contributed by atoms with van der Waals surface area (Å²) in [7, 11) is -13.6. The van der Waals surface area contributed by atoms with Crippen molar-refractivity contribution in [3.8, 4) is 5.75 Å². The van der Waals surface area contributed by atoms with E-state index < -0.39 is 68.6 Å². The zero-order valence-corrected chi connectivity index (χ0v) is 21.3. The quantitative estimate of drug-likeness (QED) is 0.0621. The first-order valence-electron chi connectivity index (χ1n) is 9.50. The smallest absolute Gasteiger partial charge is 0.296 e. The van der Waals surface area contributed by atoms with Crippen LogP contribution in [0.5, 0.6) is 5.75 Å². The third kappa shape index (κ3) is 7.19. The van der Waals surface area contributed by atoms with E-state index in [1.54, 1.807) is 0 Å². The Morgan fingerprint density at radius 2 is 1.54 bits per heavy atom. The number of fused-ring (bicyclic) bond motifs is 1. The Bertz CT molecular complexity index is 1670. The summed E-state index contributed by atoms with van der Waals surface area (Å²) in [5.41, 5.74) is -0.686. The summed E-state index contributed by atoms with van der Waals surface area (Å²) in [5.74, 6) is -1.06. The summed E-state index contributed by atoms with van der Waals surface area (Å²) in [5, 5.41) is 29.4. The van der Waals surface area contributed by atoms with Gasteiger partial charge >= 0.3 is 0 Å². The number of aromatic hydroxyl groups is 1. The Labute approximate surface area is 214 Å². The summed E-state index contributed by atoms with van der Waals surface area (Å²) in [6, 6.07) is 8.48. The van der Waals surface area contributed by atoms with Crippen LogP contribution in [0.15, 0.2) is 73.4 Å². The van der Waals surface area contributed by atoms with E-state index in [1.165, 1.54) is 12.1 Å². The summed E-state index contributed by atoms with van der Waals surface area (Å²) in [6.07, 6.45) is 0. The van der Waals surface area contributed by atoms with Gasteiger partial charge in [0.2, 0.25) is 0 Å². The van der Waals surface area contributed by atoms with E-state index in [0.717, 1.165) is 30.3 Å². The average molecular weight is 597 g/mol. The maximum atomic E-state index is 12.5. The number of hydrogen-bond donors (Lipinski definition) is 4. The molecular formula is C18H16N2O13S4. The lowest BCUT2D eigenvalue weighted by atomic mass is 10.1. The number of azo groups is 1. The average Bonchev–Trinajstić information content (AvgIpc) is 2.81. The second kappa shape index (κ2) is 11.3. The fraction of sp³-hybridized carbons (Fsp3) is 0.111. The van der Waals surface area contributed by atoms with E-state index in [9.17, 15) is 39.5 Å². The molecule has 0 atom stereocenters. The fourth-order valence-corrected chi connectivity index (χ4v) is 5.63. The van der Waals surface area contributed by atoms with Crippen molar-refractivity contribution >= 4 is 64.5 Å². The second-order valence-electron chi connectivity index (χ2n) is 6.95. The molecule has 0 fully saturated rings. The molecule has 0 spiro atoms. The molecule has 3 aromatic carbocycles. The molecule has 0 aliphatic heterocycles. The van der Waals surface area contributed by atoms with E-state index in [2.05, 4.69) is 23.8 Å². The lowest BCUT2D eigenvalue weighted by Crippen LogP contribution is -2.12. The Balaban J connectivity index is 2.00. The van der Waals surface area contributed by atoms with Crippen molar-refractivity contribution < 1.29 is 58.3 Å². The maximum absolute atomic E-state index is 12.5. The Morgan fingerprint density at radius 3 is 2.19 bits per heavy atom. The molecule has 0 unspecified atom stereocenters. The van der Waals surface area contributed by atoms with Gasteiger partial charge in [-0.3, -0.25) is 13.3 Å². The van der Waals surface area contributed by atoms with Crippen LogP contribution in [0, 0.1) is 0 Å². The van der Waals surface area contributed by atoms with Gasteiger partial charge in [-0.1, -0.05) is 17.2 Å². The van der Waals surface area contributed by atoms with Gasteiger partial charge in [0.1, 0.15) is 22.0 Å². The van der Waals surface area contributed by atoms with E-state index in [1.807, 2.05) is 0 Å². The summed E-state index contributed by atoms with van der Waals surface area (Å²) < 4.78 is 99.0. The third-order valence-corrected chi connectivity index (χ3v) is 8.40. The highest BCUT2D eigenvalue weighted by molar-refractivity contribution is 7.91. The highest BCUT2D eigenvalue weighted by atomic mass is 32.2. The number of rotatable bonds is 11. The zero-order valence-electron chi connectivity index (χ0n) is 18.0. The van der Waals surface area contributed by atoms with Crippen LogP contribution in [0.2, 0.25) is 0 Å². The molecular weight excluding hydrogens is 580 g/mol. The molecule has 0 heterocycles. The molecule has 15 nitrogen and oxygen atoms in total. The van der Waals surface area contributed by atoms with Crippen LogP contribution < -0.4 is 0 Å². The molecule has 19 heteroatoms. The van der Waals surface area contributed by atoms with E-state index >= 15 is 0 Å². The standard InChI is InChI=1S/C18H16N2O13S4/c21-16-6-1-11-9-13(36(25,26)27)2-4-14(11)18(16)20-19-15-5-3-12(10-17(15)37(28,29)30)35(23,24)8-7-31-34-33-32-22/h1-6,9-10,21-22H,7-8H2,(H,25,26,27)(H,28,29,30). The first-order chi connectivity index (χ1) is 17.2. The van der Waals surface area contributed by atoms with Crippen LogP contribution in [0.1, 0.15) is 0 Å². The van der Waals surface area contributed by atoms with Gasteiger partial charge in [-0.2, -0.15) is 16.8 Å². The van der Waals surface area contributed by atoms with Crippen LogP contribution in [0.25, 0.3) is 10.8 Å². The minimum atomic E-state index is -5.00. The fourth-order valence-electron chi connectivity index (χ4n) is 2.95. The molecule has 200 valence electrons. The Hall–Kier alpha value is -2.72. The van der Waals surface area contributed by atoms with E-state index in [4.69, 9.17) is 5.26 Å². The summed E-state index contributed by atoms with van der Waals surface area (Å²) in [6.45, 7) is -0.446. The van der Waals surface area contributed by atoms with E-state index in [0.29, 0.717) is 6.07 Å². The summed E-state index contributed by atoms with van der Waals surface area (Å²) in [4.78, 5) is -1.83. The van der Waals surface area contributed by atoms with Crippen LogP contribution in [-0.4, -0.2) is 57.1 Å². The van der Waals surface area contributed by atoms with Gasteiger partial charge in [0.05, 0.1) is 22.2 Å². The monoisotopic (exact) mass is 596 g/mol. The molecule has 0 saturated heterocycles. The van der Waals surface area contributed by atoms with Crippen molar-refractivity contribution in [2.45, 2.75) is 14.7 Å². The van der Waals surface area contributed by atoms with Crippen LogP contribution in [0.4, 0.5) is 11.4 Å². The minimum absolute atomic E-state index is 0.145. The highest BCUT2D eigenvalue weighted by Gasteiger charge is 2.22. The molecule has 4 N–H and O–H groups in total. The first-order valence-corrected chi connectivity index (χ1v) is 14.7. The topological polar surface area (TPSA) is 236 Å². The number of sulfone groups is 1. The van der Waals surface area contributed by atoms with E-state index in [-0.39, 0.29) is 28.8 Å². The van der Waals surface area contributed by atoms with Crippen molar-refractivity contribution in [2.75, 3.05) is 12.4 Å². The van der Waals surface area contributed by atoms with Crippen molar-refractivity contribution in [2.24, 2.45) is 10.2 Å². The molecule has 3 aromatic rings. The molecule has 37 heavy (non-hydrogen) atoms. The molecule has 0 aliphatic carbocycles. The SMILES string of the molecule is O=S(=O)(O)c1ccc2c(N=Nc3ccc(S(=O)(=O)CCOSOOO)cc3S(=O)(=O)O)c(O)ccc2c1. The Morgan fingerprint density at radius 1 is 0.838 bits per heavy atom. The molecule has 0 saturated carbocycles. The molecule has 3 rings (SSSR count). The van der Waals surface area contributed by atoms with Crippen molar-refractivity contribution in [1.82, 2.24) is 0 Å². The molecule has 0 amide bonds. The maximum Gasteiger partial charge on any atom is 0.296 e. The van der Waals surface area contributed by atoms with Crippen LogP contribution in [-0.2, 0) is 43.6 Å². The second-order valence-corrected chi connectivity index (χ2v) is 12.4. The van der Waals surface area contributed by atoms with Crippen molar-refractivity contribution in [1.29, 1.82) is 0 Å². The molecule has 0 aliphatic rings. The molecule has 0 aromatic heterocycles. The third-order valence-electron chi connectivity index (χ3n) is 4.61. The van der Waals surface area contributed by atoms with Crippen LogP contribution >= 0.6 is 12.3 Å². The molecule has 0 bridgehead atoms. The predicted molar refractivity (Wildman–Crippen MR) is 126 cm³/mol. The van der Waals surface area contributed by atoms with Crippen molar-refractivity contribution in [3.63, 3.8) is 0 Å². The minimum Gasteiger partial charge on any atom is -0.506 e. The van der Waals surface area contributed by atoms with Gasteiger partial charge in [0.15, 0.2) is 22.2 Å². The first kappa shape index (κ1) is 28.8. The van der Waals surface area contributed by atoms with Gasteiger partial charge in [0, 0.05) is 5.39 Å². The Kier molecular flexibility index (Phi) is 8.85. The molecule has 0 radical (unpaired) electrons. The lowest BCUT2D eigenvalue weighted by molar-refractivity contribution is -0.434. The van der Waals surface area contributed by atoms with Gasteiger partial charge in [-0.15, -0.1) is 14.6 Å². The van der Waals surface area contributed by atoms with Gasteiger partial charge in [-0.25, -0.2) is 13.7 Å². The van der Waals surface area contributed by atoms with Gasteiger partial charge < -0.3 is 5.11 Å². The lowest BCUT2D eigenvalue weighted by Gasteiger charge is -2.08. The highest BCUT2D eigenvalue weighted by Crippen LogP contribution is 2.38. The number of benzene rings is 3. The number of nitrogens with zero attached hydrogens (tertiary/aromatic N) is 2. The predicted octanol–water partition coefficient (Wildman–Crippen LogP) is 3.23. The van der Waals surface area contributed by atoms with Crippen molar-refractivity contribution in [3.05, 3.63) is 48.5 Å². The zero-order chi connectivity index (χ0) is 27.4.